The minimum Gasteiger partial charge on any atom is -0.331 e. The molecule has 0 aromatic carbocycles. The molecule has 0 aromatic heterocycles. The quantitative estimate of drug-likeness (QED) is 0.729. The van der Waals surface area contributed by atoms with Gasteiger partial charge in [0.1, 0.15) is 0 Å². The number of nitrogens with zero attached hydrogens (tertiary/aromatic N) is 1. The van der Waals surface area contributed by atoms with Crippen LogP contribution in [-0.4, -0.2) is 42.7 Å². The maximum atomic E-state index is 12.1. The lowest BCUT2D eigenvalue weighted by molar-refractivity contribution is -0.187. The normalized spacial score (nSPS) is 22.4. The van der Waals surface area contributed by atoms with E-state index in [9.17, 15) is 18.0 Å². The van der Waals surface area contributed by atoms with Gasteiger partial charge in [0.25, 0.3) is 0 Å². The fourth-order valence-corrected chi connectivity index (χ4v) is 1.64. The van der Waals surface area contributed by atoms with Crippen molar-refractivity contribution in [3.63, 3.8) is 0 Å². The molecule has 6 heteroatoms. The van der Waals surface area contributed by atoms with Crippen molar-refractivity contribution in [2.45, 2.75) is 25.6 Å². The summed E-state index contributed by atoms with van der Waals surface area (Å²) in [6.07, 6.45) is -4.16. The topological polar surface area (TPSA) is 32.3 Å². The first-order valence-electron chi connectivity index (χ1n) is 4.55. The monoisotopic (exact) mass is 210 g/mol. The smallest absolute Gasteiger partial charge is 0.331 e. The number of rotatable bonds is 2. The van der Waals surface area contributed by atoms with Gasteiger partial charge in [-0.1, -0.05) is 0 Å². The van der Waals surface area contributed by atoms with Gasteiger partial charge in [-0.3, -0.25) is 4.79 Å². The Bertz CT molecular complexity index is 211. The summed E-state index contributed by atoms with van der Waals surface area (Å²) in [7, 11) is 0. The molecule has 1 N–H and O–H groups in total. The molecule has 82 valence electrons. The number of hydrogen-bond acceptors (Lipinski definition) is 2. The molecule has 1 amide bonds. The minimum absolute atomic E-state index is 0.102. The van der Waals surface area contributed by atoms with Gasteiger partial charge in [0.2, 0.25) is 0 Å². The van der Waals surface area contributed by atoms with E-state index >= 15 is 0 Å². The molecule has 0 aromatic rings. The third-order valence-electron chi connectivity index (χ3n) is 2.32. The van der Waals surface area contributed by atoms with Crippen LogP contribution in [0.25, 0.3) is 0 Å². The number of likely N-dealkylation sites (N-methyl/N-ethyl adjacent to an activating group) is 1. The van der Waals surface area contributed by atoms with Crippen molar-refractivity contribution in [3.05, 3.63) is 0 Å². The number of carbonyl (C=O) groups excluding carboxylic acids is 1. The Labute approximate surface area is 80.3 Å². The Morgan fingerprint density at radius 2 is 2.21 bits per heavy atom. The average Bonchev–Trinajstić information content (AvgIpc) is 2.57. The number of alkyl halides is 3. The second-order valence-corrected chi connectivity index (χ2v) is 3.24. The standard InChI is InChI=1S/C8H13F3N2O/c1-2-13(6-3-4-12-5-6)7(14)8(9,10)11/h6,12H,2-5H2,1H3. The van der Waals surface area contributed by atoms with E-state index in [4.69, 9.17) is 0 Å². The lowest BCUT2D eigenvalue weighted by Gasteiger charge is -2.27. The molecule has 1 heterocycles. The van der Waals surface area contributed by atoms with Crippen LogP contribution in [0.2, 0.25) is 0 Å². The van der Waals surface area contributed by atoms with E-state index in [0.717, 1.165) is 4.90 Å². The van der Waals surface area contributed by atoms with Gasteiger partial charge in [-0.25, -0.2) is 0 Å². The van der Waals surface area contributed by atoms with E-state index in [-0.39, 0.29) is 12.6 Å². The van der Waals surface area contributed by atoms with Crippen LogP contribution < -0.4 is 5.32 Å². The van der Waals surface area contributed by atoms with Gasteiger partial charge >= 0.3 is 12.1 Å². The zero-order valence-electron chi connectivity index (χ0n) is 7.90. The molecule has 1 rings (SSSR count). The van der Waals surface area contributed by atoms with Crippen molar-refractivity contribution in [1.29, 1.82) is 0 Å². The lowest BCUT2D eigenvalue weighted by Crippen LogP contribution is -2.47. The summed E-state index contributed by atoms with van der Waals surface area (Å²) in [6, 6.07) is -0.311. The highest BCUT2D eigenvalue weighted by Crippen LogP contribution is 2.21. The molecule has 3 nitrogen and oxygen atoms in total. The summed E-state index contributed by atoms with van der Waals surface area (Å²) < 4.78 is 36.4. The highest BCUT2D eigenvalue weighted by atomic mass is 19.4. The summed E-state index contributed by atoms with van der Waals surface area (Å²) in [5.74, 6) is -1.73. The first-order valence-corrected chi connectivity index (χ1v) is 4.55. The van der Waals surface area contributed by atoms with Gasteiger partial charge in [-0.05, 0) is 19.9 Å². The van der Waals surface area contributed by atoms with Gasteiger partial charge in [0, 0.05) is 19.1 Å². The Morgan fingerprint density at radius 1 is 1.57 bits per heavy atom. The van der Waals surface area contributed by atoms with Crippen molar-refractivity contribution in [2.24, 2.45) is 0 Å². The van der Waals surface area contributed by atoms with E-state index in [1.807, 2.05) is 0 Å². The van der Waals surface area contributed by atoms with Crippen LogP contribution in [0.3, 0.4) is 0 Å². The molecule has 1 aliphatic rings. The molecular weight excluding hydrogens is 197 g/mol. The van der Waals surface area contributed by atoms with Crippen LogP contribution >= 0.6 is 0 Å². The van der Waals surface area contributed by atoms with Crippen LogP contribution in [0.4, 0.5) is 13.2 Å². The molecular formula is C8H13F3N2O. The molecule has 1 atom stereocenters. The third-order valence-corrected chi connectivity index (χ3v) is 2.32. The number of nitrogens with one attached hydrogen (secondary N) is 1. The molecule has 0 bridgehead atoms. The lowest BCUT2D eigenvalue weighted by atomic mass is 10.2. The predicted octanol–water partition coefficient (Wildman–Crippen LogP) is 0.759. The second-order valence-electron chi connectivity index (χ2n) is 3.24. The predicted molar refractivity (Wildman–Crippen MR) is 44.7 cm³/mol. The number of amides is 1. The summed E-state index contributed by atoms with van der Waals surface area (Å²) in [4.78, 5) is 11.8. The molecule has 0 radical (unpaired) electrons. The van der Waals surface area contributed by atoms with Crippen LogP contribution in [-0.2, 0) is 4.79 Å². The van der Waals surface area contributed by atoms with Crippen molar-refractivity contribution < 1.29 is 18.0 Å². The molecule has 14 heavy (non-hydrogen) atoms. The zero-order valence-corrected chi connectivity index (χ0v) is 7.90. The van der Waals surface area contributed by atoms with Crippen molar-refractivity contribution in [2.75, 3.05) is 19.6 Å². The van der Waals surface area contributed by atoms with Crippen LogP contribution in [0.1, 0.15) is 13.3 Å². The average molecular weight is 210 g/mol. The van der Waals surface area contributed by atoms with Gasteiger partial charge in [-0.2, -0.15) is 13.2 Å². The van der Waals surface area contributed by atoms with Crippen molar-refractivity contribution >= 4 is 5.91 Å². The third kappa shape index (κ3) is 2.37. The van der Waals surface area contributed by atoms with Gasteiger partial charge < -0.3 is 10.2 Å². The number of halogens is 3. The Hall–Kier alpha value is -0.780. The van der Waals surface area contributed by atoms with E-state index in [1.165, 1.54) is 0 Å². The fourth-order valence-electron chi connectivity index (χ4n) is 1.64. The molecule has 0 spiro atoms. The van der Waals surface area contributed by atoms with E-state index < -0.39 is 12.1 Å². The number of carbonyl (C=O) groups is 1. The van der Waals surface area contributed by atoms with Crippen LogP contribution in [0.15, 0.2) is 0 Å². The molecule has 1 fully saturated rings. The Kier molecular flexibility index (Phi) is 3.36. The van der Waals surface area contributed by atoms with Gasteiger partial charge in [0.05, 0.1) is 0 Å². The molecule has 1 unspecified atom stereocenters. The minimum atomic E-state index is -4.75. The summed E-state index contributed by atoms with van der Waals surface area (Å²) in [5.41, 5.74) is 0. The maximum absolute atomic E-state index is 12.1. The highest BCUT2D eigenvalue weighted by molar-refractivity contribution is 5.82. The Morgan fingerprint density at radius 3 is 2.57 bits per heavy atom. The first kappa shape index (κ1) is 11.3. The molecule has 1 saturated heterocycles. The summed E-state index contributed by atoms with van der Waals surface area (Å²) in [5, 5.41) is 2.93. The maximum Gasteiger partial charge on any atom is 0.471 e. The Balaban J connectivity index is 2.65. The largest absolute Gasteiger partial charge is 0.471 e. The van der Waals surface area contributed by atoms with Gasteiger partial charge in [0.15, 0.2) is 0 Å². The summed E-state index contributed by atoms with van der Waals surface area (Å²) in [6.45, 7) is 2.79. The van der Waals surface area contributed by atoms with Crippen molar-refractivity contribution in [1.82, 2.24) is 10.2 Å². The SMILES string of the molecule is CCN(C(=O)C(F)(F)F)C1CCNC1. The van der Waals surface area contributed by atoms with E-state index in [2.05, 4.69) is 5.32 Å². The van der Waals surface area contributed by atoms with E-state index in [1.54, 1.807) is 6.92 Å². The number of hydrogen-bond donors (Lipinski definition) is 1. The molecule has 0 saturated carbocycles. The van der Waals surface area contributed by atoms with Crippen LogP contribution in [0, 0.1) is 0 Å². The van der Waals surface area contributed by atoms with Gasteiger partial charge in [-0.15, -0.1) is 0 Å². The van der Waals surface area contributed by atoms with Crippen molar-refractivity contribution in [3.8, 4) is 0 Å². The fraction of sp³-hybridized carbons (Fsp3) is 0.875. The second kappa shape index (κ2) is 4.16. The summed E-state index contributed by atoms with van der Waals surface area (Å²) >= 11 is 0. The first-order chi connectivity index (χ1) is 6.46. The molecule has 1 aliphatic heterocycles. The molecule has 0 aliphatic carbocycles. The highest BCUT2D eigenvalue weighted by Gasteiger charge is 2.44. The van der Waals surface area contributed by atoms with Crippen LogP contribution in [0.5, 0.6) is 0 Å². The van der Waals surface area contributed by atoms with E-state index in [0.29, 0.717) is 19.5 Å². The zero-order chi connectivity index (χ0) is 10.8.